The topological polar surface area (TPSA) is 41.7 Å². The van der Waals surface area contributed by atoms with Crippen LogP contribution in [0.25, 0.3) is 0 Å². The van der Waals surface area contributed by atoms with Gasteiger partial charge in [-0.1, -0.05) is 18.2 Å². The molecule has 116 valence electrons. The lowest BCUT2D eigenvalue weighted by atomic mass is 10.0. The molecule has 2 heterocycles. The van der Waals surface area contributed by atoms with E-state index in [0.29, 0.717) is 12.1 Å². The third-order valence-electron chi connectivity index (χ3n) is 4.92. The molecule has 0 spiro atoms. The first-order chi connectivity index (χ1) is 10.3. The van der Waals surface area contributed by atoms with Crippen LogP contribution in [0.2, 0.25) is 0 Å². The van der Waals surface area contributed by atoms with Gasteiger partial charge in [-0.15, -0.1) is 0 Å². The molecule has 1 aromatic carbocycles. The minimum atomic E-state index is 0.423. The summed E-state index contributed by atoms with van der Waals surface area (Å²) in [6.45, 7) is 5.70. The maximum atomic E-state index is 6.01. The molecule has 1 aromatic rings. The first kappa shape index (κ1) is 14.8. The molecule has 2 saturated heterocycles. The number of methoxy groups -OCH3 is 1. The van der Waals surface area contributed by atoms with E-state index >= 15 is 0 Å². The third kappa shape index (κ3) is 3.57. The molecule has 0 radical (unpaired) electrons. The van der Waals surface area contributed by atoms with E-state index in [1.807, 2.05) is 6.07 Å². The average Bonchev–Trinajstić information content (AvgIpc) is 2.97. The monoisotopic (exact) mass is 289 g/mol. The maximum Gasteiger partial charge on any atom is 0.123 e. The van der Waals surface area contributed by atoms with Crippen LogP contribution in [0.3, 0.4) is 0 Å². The van der Waals surface area contributed by atoms with Crippen LogP contribution in [-0.2, 0) is 6.54 Å². The lowest BCUT2D eigenvalue weighted by Gasteiger charge is -2.34. The Morgan fingerprint density at radius 2 is 1.90 bits per heavy atom. The van der Waals surface area contributed by atoms with Crippen LogP contribution in [0.4, 0.5) is 0 Å². The van der Waals surface area contributed by atoms with E-state index in [9.17, 15) is 0 Å². The van der Waals surface area contributed by atoms with Gasteiger partial charge in [0.05, 0.1) is 7.11 Å². The average molecular weight is 289 g/mol. The summed E-state index contributed by atoms with van der Waals surface area (Å²) < 4.78 is 5.46. The number of rotatable bonds is 4. The van der Waals surface area contributed by atoms with Crippen molar-refractivity contribution in [3.8, 4) is 5.75 Å². The van der Waals surface area contributed by atoms with E-state index in [-0.39, 0.29) is 0 Å². The van der Waals surface area contributed by atoms with Crippen molar-refractivity contribution < 1.29 is 4.74 Å². The summed E-state index contributed by atoms with van der Waals surface area (Å²) in [7, 11) is 1.75. The molecule has 4 heteroatoms. The lowest BCUT2D eigenvalue weighted by molar-refractivity contribution is 0.151. The van der Waals surface area contributed by atoms with Gasteiger partial charge in [0.2, 0.25) is 0 Å². The quantitative estimate of drug-likeness (QED) is 0.916. The van der Waals surface area contributed by atoms with Crippen LogP contribution in [0.5, 0.6) is 5.75 Å². The van der Waals surface area contributed by atoms with Gasteiger partial charge in [-0.2, -0.15) is 0 Å². The Hall–Kier alpha value is -1.10. The van der Waals surface area contributed by atoms with Gasteiger partial charge in [0.15, 0.2) is 0 Å². The molecule has 0 saturated carbocycles. The van der Waals surface area contributed by atoms with Gasteiger partial charge >= 0.3 is 0 Å². The molecular weight excluding hydrogens is 262 g/mol. The van der Waals surface area contributed by atoms with Crippen molar-refractivity contribution in [3.63, 3.8) is 0 Å². The van der Waals surface area contributed by atoms with Crippen molar-refractivity contribution in [2.45, 2.75) is 37.9 Å². The Morgan fingerprint density at radius 3 is 2.67 bits per heavy atom. The van der Waals surface area contributed by atoms with Crippen molar-refractivity contribution in [1.82, 2.24) is 9.80 Å². The summed E-state index contributed by atoms with van der Waals surface area (Å²) in [5.74, 6) is 1.00. The molecular formula is C17H27N3O. The van der Waals surface area contributed by atoms with Gasteiger partial charge in [0.1, 0.15) is 5.75 Å². The smallest absolute Gasteiger partial charge is 0.123 e. The Labute approximate surface area is 127 Å². The van der Waals surface area contributed by atoms with Crippen LogP contribution >= 0.6 is 0 Å². The molecule has 2 fully saturated rings. The fraction of sp³-hybridized carbons (Fsp3) is 0.647. The lowest BCUT2D eigenvalue weighted by Crippen LogP contribution is -2.46. The standard InChI is InChI=1S/C17H27N3O/c1-21-17-5-3-2-4-14(17)12-19-9-8-16(13-19)20-10-6-15(18)7-11-20/h2-5,15-16H,6-13,18H2,1H3. The molecule has 2 aliphatic rings. The molecule has 2 aliphatic heterocycles. The summed E-state index contributed by atoms with van der Waals surface area (Å²) >= 11 is 0. The fourth-order valence-corrected chi connectivity index (χ4v) is 3.61. The van der Waals surface area contributed by atoms with E-state index < -0.39 is 0 Å². The van der Waals surface area contributed by atoms with E-state index in [2.05, 4.69) is 28.0 Å². The fourth-order valence-electron chi connectivity index (χ4n) is 3.61. The highest BCUT2D eigenvalue weighted by atomic mass is 16.5. The second kappa shape index (κ2) is 6.77. The number of para-hydroxylation sites is 1. The Morgan fingerprint density at radius 1 is 1.14 bits per heavy atom. The maximum absolute atomic E-state index is 6.01. The minimum Gasteiger partial charge on any atom is -0.496 e. The summed E-state index contributed by atoms with van der Waals surface area (Å²) in [6.07, 6.45) is 3.59. The number of nitrogens with zero attached hydrogens (tertiary/aromatic N) is 2. The van der Waals surface area contributed by atoms with Gasteiger partial charge in [-0.25, -0.2) is 0 Å². The molecule has 0 amide bonds. The Balaban J connectivity index is 1.55. The number of nitrogens with two attached hydrogens (primary N) is 1. The Kier molecular flexibility index (Phi) is 4.78. The highest BCUT2D eigenvalue weighted by Crippen LogP contribution is 2.24. The van der Waals surface area contributed by atoms with E-state index in [1.165, 1.54) is 38.2 Å². The van der Waals surface area contributed by atoms with Crippen molar-refractivity contribution in [2.75, 3.05) is 33.3 Å². The summed E-state index contributed by atoms with van der Waals surface area (Å²) in [5.41, 5.74) is 7.30. The molecule has 1 unspecified atom stereocenters. The minimum absolute atomic E-state index is 0.423. The first-order valence-electron chi connectivity index (χ1n) is 8.10. The number of hydrogen-bond donors (Lipinski definition) is 1. The number of hydrogen-bond acceptors (Lipinski definition) is 4. The SMILES string of the molecule is COc1ccccc1CN1CCC(N2CCC(N)CC2)C1. The van der Waals surface area contributed by atoms with E-state index in [1.54, 1.807) is 7.11 Å². The van der Waals surface area contributed by atoms with Gasteiger partial charge < -0.3 is 10.5 Å². The van der Waals surface area contributed by atoms with Crippen molar-refractivity contribution in [1.29, 1.82) is 0 Å². The van der Waals surface area contributed by atoms with Gasteiger partial charge in [0.25, 0.3) is 0 Å². The number of piperidine rings is 1. The summed E-state index contributed by atoms with van der Waals surface area (Å²) in [5, 5.41) is 0. The molecule has 0 aromatic heterocycles. The zero-order chi connectivity index (χ0) is 14.7. The highest BCUT2D eigenvalue weighted by Gasteiger charge is 2.29. The van der Waals surface area contributed by atoms with Crippen LogP contribution in [0, 0.1) is 0 Å². The normalized spacial score (nSPS) is 25.3. The summed E-state index contributed by atoms with van der Waals surface area (Å²) in [6, 6.07) is 9.49. The van der Waals surface area contributed by atoms with Crippen molar-refractivity contribution >= 4 is 0 Å². The van der Waals surface area contributed by atoms with Crippen molar-refractivity contribution in [2.24, 2.45) is 5.73 Å². The van der Waals surface area contributed by atoms with Crippen LogP contribution < -0.4 is 10.5 Å². The number of benzene rings is 1. The first-order valence-corrected chi connectivity index (χ1v) is 8.10. The molecule has 0 aliphatic carbocycles. The molecule has 21 heavy (non-hydrogen) atoms. The zero-order valence-corrected chi connectivity index (χ0v) is 13.0. The van der Waals surface area contributed by atoms with E-state index in [0.717, 1.165) is 25.1 Å². The third-order valence-corrected chi connectivity index (χ3v) is 4.92. The Bertz CT molecular complexity index is 457. The number of ether oxygens (including phenoxy) is 1. The van der Waals surface area contributed by atoms with Crippen LogP contribution in [0.15, 0.2) is 24.3 Å². The second-order valence-corrected chi connectivity index (χ2v) is 6.36. The molecule has 1 atom stereocenters. The van der Waals surface area contributed by atoms with Gasteiger partial charge in [0, 0.05) is 37.3 Å². The predicted molar refractivity (Wildman–Crippen MR) is 85.5 cm³/mol. The van der Waals surface area contributed by atoms with Gasteiger partial charge in [-0.05, 0) is 38.4 Å². The zero-order valence-electron chi connectivity index (χ0n) is 13.0. The molecule has 4 nitrogen and oxygen atoms in total. The van der Waals surface area contributed by atoms with Crippen LogP contribution in [0.1, 0.15) is 24.8 Å². The van der Waals surface area contributed by atoms with Gasteiger partial charge in [-0.3, -0.25) is 9.80 Å². The molecule has 0 bridgehead atoms. The highest BCUT2D eigenvalue weighted by molar-refractivity contribution is 5.33. The summed E-state index contributed by atoms with van der Waals surface area (Å²) in [4.78, 5) is 5.20. The van der Waals surface area contributed by atoms with E-state index in [4.69, 9.17) is 10.5 Å². The van der Waals surface area contributed by atoms with Crippen molar-refractivity contribution in [3.05, 3.63) is 29.8 Å². The molecule has 3 rings (SSSR count). The second-order valence-electron chi connectivity index (χ2n) is 6.36. The van der Waals surface area contributed by atoms with Crippen LogP contribution in [-0.4, -0.2) is 55.2 Å². The molecule has 2 N–H and O–H groups in total. The number of likely N-dealkylation sites (tertiary alicyclic amines) is 2. The largest absolute Gasteiger partial charge is 0.496 e. The predicted octanol–water partition coefficient (Wildman–Crippen LogP) is 1.69.